The van der Waals surface area contributed by atoms with E-state index in [0.717, 1.165) is 22.4 Å². The second-order valence-corrected chi connectivity index (χ2v) is 8.58. The number of rotatable bonds is 7. The van der Waals surface area contributed by atoms with Crippen LogP contribution in [0.3, 0.4) is 0 Å². The number of thioether (sulfide) groups is 1. The van der Waals surface area contributed by atoms with E-state index >= 15 is 0 Å². The summed E-state index contributed by atoms with van der Waals surface area (Å²) in [6.07, 6.45) is 0. The first-order valence-electron chi connectivity index (χ1n) is 10.7. The van der Waals surface area contributed by atoms with Crippen LogP contribution in [-0.2, 0) is 0 Å². The normalized spacial score (nSPS) is 11.8. The highest BCUT2D eigenvalue weighted by molar-refractivity contribution is 8.00. The van der Waals surface area contributed by atoms with Crippen molar-refractivity contribution in [1.29, 1.82) is 0 Å². The van der Waals surface area contributed by atoms with Crippen molar-refractivity contribution < 1.29 is 9.21 Å². The SMILES string of the molecule is O=C(c1ccccc1)[C@H](Sc1nc(-c2ccccc2)c(-c2ccccc2)o1)c1ccccc1. The van der Waals surface area contributed by atoms with Gasteiger partial charge in [-0.3, -0.25) is 4.79 Å². The molecule has 0 N–H and O–H groups in total. The lowest BCUT2D eigenvalue weighted by Crippen LogP contribution is -2.10. The maximum atomic E-state index is 13.5. The number of oxazole rings is 1. The van der Waals surface area contributed by atoms with Crippen LogP contribution in [0.4, 0.5) is 0 Å². The van der Waals surface area contributed by atoms with Gasteiger partial charge in [0.15, 0.2) is 11.5 Å². The molecule has 4 aromatic carbocycles. The highest BCUT2D eigenvalue weighted by Crippen LogP contribution is 2.42. The molecule has 33 heavy (non-hydrogen) atoms. The number of nitrogens with zero attached hydrogens (tertiary/aromatic N) is 1. The number of hydrogen-bond acceptors (Lipinski definition) is 4. The van der Waals surface area contributed by atoms with Crippen LogP contribution in [-0.4, -0.2) is 10.8 Å². The summed E-state index contributed by atoms with van der Waals surface area (Å²) in [5, 5.41) is -0.00895. The zero-order chi connectivity index (χ0) is 22.5. The first-order valence-corrected chi connectivity index (χ1v) is 11.6. The number of benzene rings is 4. The first kappa shape index (κ1) is 21.0. The van der Waals surface area contributed by atoms with Gasteiger partial charge in [-0.05, 0) is 5.56 Å². The molecule has 0 spiro atoms. The molecule has 1 heterocycles. The van der Waals surface area contributed by atoms with Crippen molar-refractivity contribution in [1.82, 2.24) is 4.98 Å². The van der Waals surface area contributed by atoms with E-state index in [1.54, 1.807) is 0 Å². The Morgan fingerprint density at radius 3 is 1.79 bits per heavy atom. The zero-order valence-electron chi connectivity index (χ0n) is 17.8. The number of hydrogen-bond donors (Lipinski definition) is 0. The predicted molar refractivity (Wildman–Crippen MR) is 133 cm³/mol. The molecule has 0 saturated heterocycles. The Morgan fingerprint density at radius 2 is 1.18 bits per heavy atom. The fraction of sp³-hybridized carbons (Fsp3) is 0.0345. The average Bonchev–Trinajstić information content (AvgIpc) is 3.33. The van der Waals surface area contributed by atoms with Crippen molar-refractivity contribution in [3.63, 3.8) is 0 Å². The summed E-state index contributed by atoms with van der Waals surface area (Å²) >= 11 is 1.34. The van der Waals surface area contributed by atoms with Crippen LogP contribution in [0.2, 0.25) is 0 Å². The summed E-state index contributed by atoms with van der Waals surface area (Å²) in [5.41, 5.74) is 4.26. The van der Waals surface area contributed by atoms with Gasteiger partial charge in [-0.2, -0.15) is 0 Å². The van der Waals surface area contributed by atoms with E-state index in [0.29, 0.717) is 16.5 Å². The number of ketones is 1. The zero-order valence-corrected chi connectivity index (χ0v) is 18.6. The van der Waals surface area contributed by atoms with Crippen molar-refractivity contribution in [2.24, 2.45) is 0 Å². The number of Topliss-reactive ketones (excluding diaryl/α,β-unsaturated/α-hetero) is 1. The van der Waals surface area contributed by atoms with Gasteiger partial charge in [-0.25, -0.2) is 4.98 Å². The van der Waals surface area contributed by atoms with Gasteiger partial charge >= 0.3 is 0 Å². The van der Waals surface area contributed by atoms with Gasteiger partial charge in [0.05, 0.1) is 0 Å². The van der Waals surface area contributed by atoms with E-state index in [9.17, 15) is 4.79 Å². The molecule has 0 aliphatic heterocycles. The third-order valence-electron chi connectivity index (χ3n) is 5.31. The molecule has 1 atom stereocenters. The van der Waals surface area contributed by atoms with Gasteiger partial charge in [-0.1, -0.05) is 133 Å². The van der Waals surface area contributed by atoms with Crippen molar-refractivity contribution in [3.05, 3.63) is 132 Å². The summed E-state index contributed by atoms with van der Waals surface area (Å²) in [6, 6.07) is 39.1. The Kier molecular flexibility index (Phi) is 6.18. The lowest BCUT2D eigenvalue weighted by Gasteiger charge is -2.14. The quantitative estimate of drug-likeness (QED) is 0.189. The number of aromatic nitrogens is 1. The smallest absolute Gasteiger partial charge is 0.257 e. The van der Waals surface area contributed by atoms with Crippen LogP contribution in [0, 0.1) is 0 Å². The molecule has 160 valence electrons. The van der Waals surface area contributed by atoms with Gasteiger partial charge in [0.25, 0.3) is 5.22 Å². The lowest BCUT2D eigenvalue weighted by molar-refractivity contribution is 0.0989. The van der Waals surface area contributed by atoms with E-state index < -0.39 is 5.25 Å². The van der Waals surface area contributed by atoms with Crippen LogP contribution >= 0.6 is 11.8 Å². The molecule has 1 aromatic heterocycles. The summed E-state index contributed by atoms with van der Waals surface area (Å²) in [4.78, 5) is 18.3. The van der Waals surface area contributed by atoms with E-state index in [4.69, 9.17) is 9.40 Å². The molecule has 0 aliphatic carbocycles. The van der Waals surface area contributed by atoms with E-state index in [-0.39, 0.29) is 5.78 Å². The molecule has 0 radical (unpaired) electrons. The highest BCUT2D eigenvalue weighted by atomic mass is 32.2. The fourth-order valence-corrected chi connectivity index (χ4v) is 4.70. The van der Waals surface area contributed by atoms with Gasteiger partial charge in [0.1, 0.15) is 10.9 Å². The minimum absolute atomic E-state index is 0.0209. The second kappa shape index (κ2) is 9.72. The minimum Gasteiger partial charge on any atom is -0.431 e. The van der Waals surface area contributed by atoms with Crippen molar-refractivity contribution in [2.45, 2.75) is 10.5 Å². The van der Waals surface area contributed by atoms with Crippen LogP contribution in [0.1, 0.15) is 21.2 Å². The Balaban J connectivity index is 1.57. The fourth-order valence-electron chi connectivity index (χ4n) is 3.68. The molecule has 0 unspecified atom stereocenters. The third-order valence-corrected chi connectivity index (χ3v) is 6.41. The number of carbonyl (C=O) groups excluding carboxylic acids is 1. The molecule has 0 saturated carbocycles. The van der Waals surface area contributed by atoms with Crippen molar-refractivity contribution in [2.75, 3.05) is 0 Å². The van der Waals surface area contributed by atoms with Gasteiger partial charge in [0, 0.05) is 16.7 Å². The van der Waals surface area contributed by atoms with E-state index in [1.165, 1.54) is 11.8 Å². The molecular formula is C29H21NO2S. The Bertz CT molecular complexity index is 1280. The summed E-state index contributed by atoms with van der Waals surface area (Å²) < 4.78 is 6.29. The molecule has 5 aromatic rings. The van der Waals surface area contributed by atoms with Gasteiger partial charge in [0.2, 0.25) is 0 Å². The van der Waals surface area contributed by atoms with Crippen molar-refractivity contribution in [3.8, 4) is 22.6 Å². The maximum absolute atomic E-state index is 13.5. The van der Waals surface area contributed by atoms with Crippen LogP contribution in [0.15, 0.2) is 131 Å². The summed E-state index contributed by atoms with van der Waals surface area (Å²) in [6.45, 7) is 0. The first-order chi connectivity index (χ1) is 16.3. The summed E-state index contributed by atoms with van der Waals surface area (Å²) in [5.74, 6) is 0.718. The predicted octanol–water partition coefficient (Wildman–Crippen LogP) is 7.72. The molecule has 5 rings (SSSR count). The molecule has 0 amide bonds. The standard InChI is InChI=1S/C29H21NO2S/c31-26(22-15-7-2-8-16-22)28(24-19-11-4-12-20-24)33-29-30-25(21-13-5-1-6-14-21)27(32-29)23-17-9-3-10-18-23/h1-20,28H/t28-/m1/s1. The third kappa shape index (κ3) is 4.66. The monoisotopic (exact) mass is 447 g/mol. The largest absolute Gasteiger partial charge is 0.431 e. The Labute approximate surface area is 197 Å². The Morgan fingerprint density at radius 1 is 0.667 bits per heavy atom. The molecule has 3 nitrogen and oxygen atoms in total. The van der Waals surface area contributed by atoms with Gasteiger partial charge in [-0.15, -0.1) is 0 Å². The molecule has 0 aliphatic rings. The topological polar surface area (TPSA) is 43.1 Å². The molecular weight excluding hydrogens is 426 g/mol. The lowest BCUT2D eigenvalue weighted by atomic mass is 10.0. The van der Waals surface area contributed by atoms with E-state index in [1.807, 2.05) is 121 Å². The molecule has 0 fully saturated rings. The van der Waals surface area contributed by atoms with Crippen LogP contribution < -0.4 is 0 Å². The maximum Gasteiger partial charge on any atom is 0.257 e. The van der Waals surface area contributed by atoms with E-state index in [2.05, 4.69) is 0 Å². The van der Waals surface area contributed by atoms with Crippen molar-refractivity contribution >= 4 is 17.5 Å². The molecule has 4 heteroatoms. The Hall–Kier alpha value is -3.89. The van der Waals surface area contributed by atoms with Gasteiger partial charge < -0.3 is 4.42 Å². The average molecular weight is 448 g/mol. The van der Waals surface area contributed by atoms with Crippen LogP contribution in [0.5, 0.6) is 0 Å². The molecule has 0 bridgehead atoms. The highest BCUT2D eigenvalue weighted by Gasteiger charge is 2.27. The number of carbonyl (C=O) groups is 1. The minimum atomic E-state index is -0.473. The second-order valence-electron chi connectivity index (χ2n) is 7.53. The van der Waals surface area contributed by atoms with Crippen LogP contribution in [0.25, 0.3) is 22.6 Å². The summed E-state index contributed by atoms with van der Waals surface area (Å²) in [7, 11) is 0.